The molecule has 2 aliphatic heterocycles. The van der Waals surface area contributed by atoms with Gasteiger partial charge in [0.05, 0.1) is 23.6 Å². The lowest BCUT2D eigenvalue weighted by Crippen LogP contribution is -2.46. The summed E-state index contributed by atoms with van der Waals surface area (Å²) < 4.78 is 20.1. The number of phenolic OH excluding ortho intramolecular Hbond substituents is 1. The molecule has 7 nitrogen and oxygen atoms in total. The van der Waals surface area contributed by atoms with Gasteiger partial charge in [-0.15, -0.1) is 0 Å². The van der Waals surface area contributed by atoms with E-state index in [1.165, 1.54) is 24.1 Å². The van der Waals surface area contributed by atoms with Crippen molar-refractivity contribution >= 4 is 30.6 Å². The molecule has 2 amide bonds. The summed E-state index contributed by atoms with van der Waals surface area (Å²) in [5.41, 5.74) is 4.34. The summed E-state index contributed by atoms with van der Waals surface area (Å²) in [6.07, 6.45) is 5.72. The number of allylic oxidation sites excluding steroid dienone is 2. The van der Waals surface area contributed by atoms with E-state index in [4.69, 9.17) is 4.65 Å². The molecule has 9 heteroatoms. The molecule has 0 spiro atoms. The van der Waals surface area contributed by atoms with Crippen molar-refractivity contribution in [3.05, 3.63) is 70.8 Å². The first-order valence-corrected chi connectivity index (χ1v) is 12.8. The lowest BCUT2D eigenvalue weighted by atomic mass is 9.58. The maximum Gasteiger partial charge on any atom is 0.455 e. The van der Waals surface area contributed by atoms with E-state index in [0.717, 1.165) is 28.8 Å². The van der Waals surface area contributed by atoms with Crippen LogP contribution < -0.4 is 0 Å². The number of rotatable bonds is 6. The molecule has 0 bridgehead atoms. The molecule has 3 heterocycles. The Hall–Kier alpha value is -3.30. The molecule has 3 aliphatic rings. The molecule has 37 heavy (non-hydrogen) atoms. The van der Waals surface area contributed by atoms with Crippen LogP contribution in [-0.2, 0) is 14.2 Å². The molecule has 0 unspecified atom stereocenters. The summed E-state index contributed by atoms with van der Waals surface area (Å²) in [5.74, 6) is -2.51. The van der Waals surface area contributed by atoms with Crippen LogP contribution in [0.15, 0.2) is 53.7 Å². The molecule has 4 atom stereocenters. The highest BCUT2D eigenvalue weighted by atomic mass is 19.1. The largest absolute Gasteiger partial charge is 0.505 e. The zero-order valence-electron chi connectivity index (χ0n) is 20.9. The van der Waals surface area contributed by atoms with Gasteiger partial charge in [-0.05, 0) is 85.0 Å². The minimum Gasteiger partial charge on any atom is -0.505 e. The van der Waals surface area contributed by atoms with Crippen LogP contribution in [0, 0.1) is 23.6 Å². The van der Waals surface area contributed by atoms with Gasteiger partial charge in [-0.25, -0.2) is 4.39 Å². The van der Waals surface area contributed by atoms with E-state index in [1.807, 2.05) is 31.2 Å². The minimum absolute atomic E-state index is 0.140. The summed E-state index contributed by atoms with van der Waals surface area (Å²) in [6.45, 7) is 2.05. The normalized spacial score (nSPS) is 26.0. The second-order valence-corrected chi connectivity index (χ2v) is 10.0. The number of carbonyl (C=O) groups is 2. The number of aromatic hydroxyl groups is 1. The predicted octanol–water partition coefficient (Wildman–Crippen LogP) is 4.08. The Bertz CT molecular complexity index is 1280. The van der Waals surface area contributed by atoms with Crippen LogP contribution in [0.4, 0.5) is 4.39 Å². The van der Waals surface area contributed by atoms with E-state index in [0.29, 0.717) is 31.1 Å². The second-order valence-electron chi connectivity index (χ2n) is 10.0. The fourth-order valence-corrected chi connectivity index (χ4v) is 6.19. The van der Waals surface area contributed by atoms with Gasteiger partial charge in [0.25, 0.3) is 0 Å². The predicted molar refractivity (Wildman–Crippen MR) is 137 cm³/mol. The fourth-order valence-electron chi connectivity index (χ4n) is 6.19. The van der Waals surface area contributed by atoms with Gasteiger partial charge in [-0.2, -0.15) is 0 Å². The minimum atomic E-state index is -1.03. The Morgan fingerprint density at radius 1 is 1.24 bits per heavy atom. The van der Waals surface area contributed by atoms with Gasteiger partial charge in [0.15, 0.2) is 11.6 Å². The summed E-state index contributed by atoms with van der Waals surface area (Å²) in [4.78, 5) is 31.5. The number of aromatic nitrogens is 1. The van der Waals surface area contributed by atoms with E-state index in [1.54, 1.807) is 12.3 Å². The van der Waals surface area contributed by atoms with Gasteiger partial charge in [-0.3, -0.25) is 19.5 Å². The molecule has 192 valence electrons. The lowest BCUT2D eigenvalue weighted by Gasteiger charge is -2.43. The van der Waals surface area contributed by atoms with Crippen LogP contribution in [0.3, 0.4) is 0 Å². The molecule has 2 aromatic rings. The quantitative estimate of drug-likeness (QED) is 0.350. The van der Waals surface area contributed by atoms with Crippen LogP contribution in [-0.4, -0.2) is 52.1 Å². The Balaban J connectivity index is 1.47. The van der Waals surface area contributed by atoms with Crippen molar-refractivity contribution in [2.24, 2.45) is 17.8 Å². The van der Waals surface area contributed by atoms with Crippen LogP contribution in [0.2, 0.25) is 6.32 Å². The van der Waals surface area contributed by atoms with Crippen LogP contribution in [0.25, 0.3) is 11.6 Å². The topological polar surface area (TPSA) is 100.0 Å². The van der Waals surface area contributed by atoms with Crippen LogP contribution in [0.5, 0.6) is 5.75 Å². The highest BCUT2D eigenvalue weighted by Gasteiger charge is 2.56. The number of nitrogens with zero attached hydrogens (tertiary/aromatic N) is 2. The Kier molecular flexibility index (Phi) is 7.01. The zero-order valence-corrected chi connectivity index (χ0v) is 20.9. The number of carbonyl (C=O) groups excluding carboxylic acids is 2. The van der Waals surface area contributed by atoms with Gasteiger partial charge in [0.1, 0.15) is 0 Å². The summed E-state index contributed by atoms with van der Waals surface area (Å²) >= 11 is 0. The molecule has 1 aliphatic carbocycles. The third kappa shape index (κ3) is 4.73. The van der Waals surface area contributed by atoms with Crippen molar-refractivity contribution < 1.29 is 28.8 Å². The molecule has 2 fully saturated rings. The number of pyridine rings is 1. The molecular formula is C28H30BFN2O5. The third-order valence-electron chi connectivity index (χ3n) is 7.94. The molecule has 1 aromatic heterocycles. The number of benzene rings is 1. The van der Waals surface area contributed by atoms with E-state index in [9.17, 15) is 24.1 Å². The molecule has 0 saturated carbocycles. The summed E-state index contributed by atoms with van der Waals surface area (Å²) in [6, 6.07) is 9.80. The third-order valence-corrected chi connectivity index (χ3v) is 7.94. The van der Waals surface area contributed by atoms with Crippen molar-refractivity contribution in [2.75, 3.05) is 7.05 Å². The first-order valence-electron chi connectivity index (χ1n) is 12.8. The average Bonchev–Trinajstić information content (AvgIpc) is 3.12. The van der Waals surface area contributed by atoms with Crippen molar-refractivity contribution in [1.82, 2.24) is 9.88 Å². The number of hydrogen-bond acceptors (Lipinski definition) is 6. The lowest BCUT2D eigenvalue weighted by molar-refractivity contribution is -0.138. The van der Waals surface area contributed by atoms with Crippen molar-refractivity contribution in [3.8, 4) is 5.75 Å². The number of hydrogen-bond donors (Lipinski definition) is 2. The highest BCUT2D eigenvalue weighted by Crippen LogP contribution is 2.51. The van der Waals surface area contributed by atoms with Gasteiger partial charge >= 0.3 is 7.12 Å². The van der Waals surface area contributed by atoms with Gasteiger partial charge < -0.3 is 14.8 Å². The fraction of sp³-hybridized carbons (Fsp3) is 0.393. The molecular weight excluding hydrogens is 474 g/mol. The first-order chi connectivity index (χ1) is 17.8. The zero-order chi connectivity index (χ0) is 26.3. The highest BCUT2D eigenvalue weighted by molar-refractivity contribution is 6.43. The first kappa shape index (κ1) is 25.4. The van der Waals surface area contributed by atoms with Crippen molar-refractivity contribution in [1.29, 1.82) is 0 Å². The maximum atomic E-state index is 14.0. The Labute approximate surface area is 215 Å². The van der Waals surface area contributed by atoms with Crippen molar-refractivity contribution in [3.63, 3.8) is 0 Å². The molecule has 1 aromatic carbocycles. The van der Waals surface area contributed by atoms with Crippen molar-refractivity contribution in [2.45, 2.75) is 45.0 Å². The average molecular weight is 504 g/mol. The van der Waals surface area contributed by atoms with E-state index in [-0.39, 0.29) is 23.7 Å². The van der Waals surface area contributed by atoms with Gasteiger partial charge in [0.2, 0.25) is 11.8 Å². The van der Waals surface area contributed by atoms with E-state index < -0.39 is 30.7 Å². The number of fused-ring (bicyclic) bond motifs is 3. The molecule has 0 radical (unpaired) electrons. The summed E-state index contributed by atoms with van der Waals surface area (Å²) in [5, 5.41) is 20.2. The van der Waals surface area contributed by atoms with Crippen LogP contribution >= 0.6 is 0 Å². The smallest absolute Gasteiger partial charge is 0.455 e. The molecule has 2 N–H and O–H groups in total. The van der Waals surface area contributed by atoms with Crippen LogP contribution in [0.1, 0.15) is 43.9 Å². The van der Waals surface area contributed by atoms with E-state index >= 15 is 0 Å². The summed E-state index contributed by atoms with van der Waals surface area (Å²) in [7, 11) is 0.510. The second kappa shape index (κ2) is 10.2. The molecule has 2 saturated heterocycles. The Morgan fingerprint density at radius 2 is 2.05 bits per heavy atom. The number of phenols is 1. The number of imide groups is 1. The SMILES string of the molecule is CCC1=C2[C@@H](CC/C(=C/c3ccc(O)c(F)c3)c3ccccn3)OB(O)C[C@@H]2[C@@H]2C(=O)N(C)C(=O)[C@@H]2C1. The molecule has 5 rings (SSSR count). The standard InChI is InChI=1S/C28H30BFN2O5/c1-3-17-14-19-26(28(35)32(2)27(19)34)20-15-29(36)37-24(25(17)20)10-8-18(22-6-4-5-11-31-22)12-16-7-9-23(33)21(30)13-16/h4-7,9,11-13,19-20,24,26,33,36H,3,8,10,14-15H2,1-2H3/b18-12-/t19-,20+,24-,26-/m1/s1. The number of halogens is 1. The monoisotopic (exact) mass is 504 g/mol. The van der Waals surface area contributed by atoms with Gasteiger partial charge in [-0.1, -0.05) is 24.6 Å². The van der Waals surface area contributed by atoms with E-state index in [2.05, 4.69) is 4.98 Å². The number of amides is 2. The Morgan fingerprint density at radius 3 is 2.76 bits per heavy atom. The number of likely N-dealkylation sites (tertiary alicyclic amines) is 1. The maximum absolute atomic E-state index is 14.0. The van der Waals surface area contributed by atoms with Gasteiger partial charge in [0, 0.05) is 13.2 Å².